The van der Waals surface area contributed by atoms with Gasteiger partial charge in [0.15, 0.2) is 0 Å². The van der Waals surface area contributed by atoms with Crippen LogP contribution in [-0.4, -0.2) is 44.9 Å². The molecule has 2 aromatic rings. The predicted octanol–water partition coefficient (Wildman–Crippen LogP) is 4.56. The molecule has 2 aromatic carbocycles. The topological polar surface area (TPSA) is 30.9 Å². The summed E-state index contributed by atoms with van der Waals surface area (Å²) in [5, 5.41) is 0. The van der Waals surface area contributed by atoms with Gasteiger partial charge < -0.3 is 14.2 Å². The van der Waals surface area contributed by atoms with Crippen LogP contribution >= 0.6 is 0 Å². The van der Waals surface area contributed by atoms with Crippen LogP contribution in [0.5, 0.6) is 11.5 Å². The molecule has 1 saturated heterocycles. The molecule has 1 unspecified atom stereocenters. The number of ether oxygens (including phenoxy) is 3. The van der Waals surface area contributed by atoms with Crippen molar-refractivity contribution in [2.45, 2.75) is 18.7 Å². The number of hydrogen-bond acceptors (Lipinski definition) is 4. The summed E-state index contributed by atoms with van der Waals surface area (Å²) in [7, 11) is 1.58. The quantitative estimate of drug-likeness (QED) is 0.688. The van der Waals surface area contributed by atoms with E-state index in [1.807, 2.05) is 24.3 Å². The fraction of sp³-hybridized carbons (Fsp3) is 0.429. The molecule has 4 nitrogen and oxygen atoms in total. The van der Waals surface area contributed by atoms with Gasteiger partial charge in [0.05, 0.1) is 25.9 Å². The lowest BCUT2D eigenvalue weighted by Gasteiger charge is -2.29. The molecule has 0 radical (unpaired) electrons. The van der Waals surface area contributed by atoms with Crippen molar-refractivity contribution >= 4 is 0 Å². The van der Waals surface area contributed by atoms with Gasteiger partial charge in [0, 0.05) is 26.1 Å². The van der Waals surface area contributed by atoms with Crippen LogP contribution in [0.2, 0.25) is 0 Å². The van der Waals surface area contributed by atoms with Crippen LogP contribution in [0.15, 0.2) is 48.5 Å². The predicted molar refractivity (Wildman–Crippen MR) is 99.7 cm³/mol. The number of rotatable bonds is 7. The lowest BCUT2D eigenvalue weighted by molar-refractivity contribution is -0.137. The Morgan fingerprint density at radius 2 is 1.75 bits per heavy atom. The molecule has 1 aliphatic heterocycles. The van der Waals surface area contributed by atoms with Crippen LogP contribution in [-0.2, 0) is 10.9 Å². The highest BCUT2D eigenvalue weighted by molar-refractivity contribution is 5.33. The molecule has 0 aliphatic carbocycles. The zero-order valence-electron chi connectivity index (χ0n) is 15.7. The molecule has 1 heterocycles. The lowest BCUT2D eigenvalue weighted by atomic mass is 10.1. The maximum atomic E-state index is 13.0. The molecular weight excluding hydrogens is 371 g/mol. The molecule has 7 heteroatoms. The van der Waals surface area contributed by atoms with Crippen molar-refractivity contribution in [1.82, 2.24) is 4.90 Å². The normalized spacial score (nSPS) is 16.6. The molecule has 1 aliphatic rings. The van der Waals surface area contributed by atoms with Crippen molar-refractivity contribution in [2.24, 2.45) is 0 Å². The van der Waals surface area contributed by atoms with Gasteiger partial charge in [-0.2, -0.15) is 13.2 Å². The third kappa shape index (κ3) is 5.62. The summed E-state index contributed by atoms with van der Waals surface area (Å²) in [6.07, 6.45) is -4.15. The lowest BCUT2D eigenvalue weighted by Crippen LogP contribution is -2.37. The van der Waals surface area contributed by atoms with Crippen LogP contribution in [0.3, 0.4) is 0 Å². The number of nitrogens with zero attached hydrogens (tertiary/aromatic N) is 1. The minimum Gasteiger partial charge on any atom is -0.497 e. The first-order chi connectivity index (χ1) is 13.5. The summed E-state index contributed by atoms with van der Waals surface area (Å²) in [4.78, 5) is 2.27. The van der Waals surface area contributed by atoms with Gasteiger partial charge in [-0.15, -0.1) is 0 Å². The molecule has 1 atom stereocenters. The Morgan fingerprint density at radius 3 is 2.46 bits per heavy atom. The van der Waals surface area contributed by atoms with E-state index >= 15 is 0 Å². The zero-order valence-corrected chi connectivity index (χ0v) is 15.7. The number of benzene rings is 2. The van der Waals surface area contributed by atoms with E-state index in [2.05, 4.69) is 4.90 Å². The molecule has 0 saturated carbocycles. The standard InChI is InChI=1S/C21H24F3NO3/c1-26-18-6-2-4-16(14-18)20(8-9-25-10-12-27-13-11-25)28-19-7-3-5-17(15-19)21(22,23)24/h2-7,14-15,20H,8-13H2,1H3. The number of halogens is 3. The van der Waals surface area contributed by atoms with Gasteiger partial charge in [0.1, 0.15) is 17.6 Å². The monoisotopic (exact) mass is 395 g/mol. The van der Waals surface area contributed by atoms with Gasteiger partial charge in [-0.1, -0.05) is 18.2 Å². The van der Waals surface area contributed by atoms with E-state index < -0.39 is 11.7 Å². The van der Waals surface area contributed by atoms with Crippen LogP contribution in [0.4, 0.5) is 13.2 Å². The third-order valence-electron chi connectivity index (χ3n) is 4.72. The van der Waals surface area contributed by atoms with E-state index in [-0.39, 0.29) is 11.9 Å². The molecule has 3 rings (SSSR count). The first-order valence-electron chi connectivity index (χ1n) is 9.23. The Morgan fingerprint density at radius 1 is 1.04 bits per heavy atom. The van der Waals surface area contributed by atoms with Gasteiger partial charge >= 0.3 is 6.18 Å². The van der Waals surface area contributed by atoms with Crippen LogP contribution < -0.4 is 9.47 Å². The van der Waals surface area contributed by atoms with Crippen molar-refractivity contribution in [2.75, 3.05) is 40.0 Å². The third-order valence-corrected chi connectivity index (χ3v) is 4.72. The maximum absolute atomic E-state index is 13.0. The number of methoxy groups -OCH3 is 1. The molecule has 1 fully saturated rings. The average Bonchev–Trinajstić information content (AvgIpc) is 2.71. The summed E-state index contributed by atoms with van der Waals surface area (Å²) < 4.78 is 55.7. The SMILES string of the molecule is COc1cccc(C(CCN2CCOCC2)Oc2cccc(C(F)(F)F)c2)c1. The molecular formula is C21H24F3NO3. The second-order valence-corrected chi connectivity index (χ2v) is 6.65. The fourth-order valence-electron chi connectivity index (χ4n) is 3.17. The summed E-state index contributed by atoms with van der Waals surface area (Å²) in [6.45, 7) is 3.84. The van der Waals surface area contributed by atoms with E-state index in [1.54, 1.807) is 13.2 Å². The van der Waals surface area contributed by atoms with Crippen molar-refractivity contribution < 1.29 is 27.4 Å². The molecule has 0 amide bonds. The van der Waals surface area contributed by atoms with Crippen LogP contribution in [0.1, 0.15) is 23.7 Å². The van der Waals surface area contributed by atoms with Gasteiger partial charge in [0.2, 0.25) is 0 Å². The second kappa shape index (κ2) is 9.30. The van der Waals surface area contributed by atoms with Gasteiger partial charge in [-0.3, -0.25) is 4.90 Å². The molecule has 0 bridgehead atoms. The van der Waals surface area contributed by atoms with Gasteiger partial charge in [-0.05, 0) is 35.9 Å². The van der Waals surface area contributed by atoms with Crippen molar-refractivity contribution in [3.8, 4) is 11.5 Å². The van der Waals surface area contributed by atoms with E-state index in [4.69, 9.17) is 14.2 Å². The Hall–Kier alpha value is -2.25. The molecule has 0 aromatic heterocycles. The highest BCUT2D eigenvalue weighted by Gasteiger charge is 2.31. The summed E-state index contributed by atoms with van der Waals surface area (Å²) in [5.74, 6) is 0.881. The van der Waals surface area contributed by atoms with E-state index in [1.165, 1.54) is 6.07 Å². The largest absolute Gasteiger partial charge is 0.497 e. The highest BCUT2D eigenvalue weighted by Crippen LogP contribution is 2.33. The fourth-order valence-corrected chi connectivity index (χ4v) is 3.17. The van der Waals surface area contributed by atoms with Crippen LogP contribution in [0.25, 0.3) is 0 Å². The molecule has 0 spiro atoms. The summed E-state index contributed by atoms with van der Waals surface area (Å²) >= 11 is 0. The zero-order chi connectivity index (χ0) is 20.0. The van der Waals surface area contributed by atoms with Crippen molar-refractivity contribution in [1.29, 1.82) is 0 Å². The Bertz CT molecular complexity index is 761. The first-order valence-corrected chi connectivity index (χ1v) is 9.23. The Kier molecular flexibility index (Phi) is 6.80. The minimum atomic E-state index is -4.40. The Labute approximate surface area is 162 Å². The molecule has 152 valence electrons. The minimum absolute atomic E-state index is 0.199. The molecule has 28 heavy (non-hydrogen) atoms. The summed E-state index contributed by atoms with van der Waals surface area (Å²) in [5.41, 5.74) is 0.146. The smallest absolute Gasteiger partial charge is 0.416 e. The second-order valence-electron chi connectivity index (χ2n) is 6.65. The maximum Gasteiger partial charge on any atom is 0.416 e. The van der Waals surface area contributed by atoms with Gasteiger partial charge in [0.25, 0.3) is 0 Å². The average molecular weight is 395 g/mol. The number of morpholine rings is 1. The Balaban J connectivity index is 1.79. The van der Waals surface area contributed by atoms with Crippen LogP contribution in [0, 0.1) is 0 Å². The van der Waals surface area contributed by atoms with Crippen molar-refractivity contribution in [3.05, 3.63) is 59.7 Å². The number of hydrogen-bond donors (Lipinski definition) is 0. The summed E-state index contributed by atoms with van der Waals surface area (Å²) in [6, 6.07) is 12.4. The van der Waals surface area contributed by atoms with E-state index in [0.29, 0.717) is 25.4 Å². The number of alkyl halides is 3. The van der Waals surface area contributed by atoms with E-state index in [9.17, 15) is 13.2 Å². The highest BCUT2D eigenvalue weighted by atomic mass is 19.4. The first kappa shape index (κ1) is 20.5. The van der Waals surface area contributed by atoms with Crippen molar-refractivity contribution in [3.63, 3.8) is 0 Å². The molecule has 0 N–H and O–H groups in total. The van der Waals surface area contributed by atoms with Gasteiger partial charge in [-0.25, -0.2) is 0 Å². The van der Waals surface area contributed by atoms with E-state index in [0.717, 1.165) is 37.3 Å².